The van der Waals surface area contributed by atoms with Crippen molar-refractivity contribution in [1.29, 1.82) is 0 Å². The highest BCUT2D eigenvalue weighted by Crippen LogP contribution is 2.67. The van der Waals surface area contributed by atoms with Gasteiger partial charge < -0.3 is 15.1 Å². The first-order valence-corrected chi connectivity index (χ1v) is 12.3. The minimum atomic E-state index is -0.253. The normalized spacial score (nSPS) is 46.3. The Balaban J connectivity index is 1.54. The van der Waals surface area contributed by atoms with E-state index in [9.17, 15) is 15.0 Å². The van der Waals surface area contributed by atoms with Crippen LogP contribution in [0.25, 0.3) is 0 Å². The summed E-state index contributed by atoms with van der Waals surface area (Å²) >= 11 is 0. The van der Waals surface area contributed by atoms with Gasteiger partial charge in [0.25, 0.3) is 0 Å². The van der Waals surface area contributed by atoms with E-state index in [-0.39, 0.29) is 28.9 Å². The van der Waals surface area contributed by atoms with Gasteiger partial charge in [-0.3, -0.25) is 4.79 Å². The van der Waals surface area contributed by atoms with E-state index in [4.69, 9.17) is 0 Å². The molecule has 4 heteroatoms. The van der Waals surface area contributed by atoms with Crippen molar-refractivity contribution in [3.63, 3.8) is 0 Å². The average molecular weight is 418 g/mol. The van der Waals surface area contributed by atoms with E-state index in [1.54, 1.807) is 4.90 Å². The van der Waals surface area contributed by atoms with Gasteiger partial charge in [0, 0.05) is 20.5 Å². The second-order valence-corrected chi connectivity index (χ2v) is 11.8. The van der Waals surface area contributed by atoms with Gasteiger partial charge in [-0.1, -0.05) is 32.4 Å². The lowest BCUT2D eigenvalue weighted by Gasteiger charge is -2.60. The highest BCUT2D eigenvalue weighted by molar-refractivity contribution is 5.75. The number of carbonyl (C=O) groups is 1. The summed E-state index contributed by atoms with van der Waals surface area (Å²) in [5.41, 5.74) is 1.65. The summed E-state index contributed by atoms with van der Waals surface area (Å²) in [6.45, 7) is 7.16. The number of rotatable bonds is 4. The van der Waals surface area contributed by atoms with E-state index in [1.165, 1.54) is 18.4 Å². The molecule has 0 spiro atoms. The second kappa shape index (κ2) is 7.92. The first-order chi connectivity index (χ1) is 14.1. The fourth-order valence-electron chi connectivity index (χ4n) is 8.52. The van der Waals surface area contributed by atoms with Crippen LogP contribution in [0.1, 0.15) is 78.6 Å². The van der Waals surface area contributed by atoms with Crippen molar-refractivity contribution in [1.82, 2.24) is 4.90 Å². The number of carbonyl (C=O) groups excluding carboxylic acids is 1. The molecule has 0 bridgehead atoms. The molecule has 4 aliphatic rings. The zero-order chi connectivity index (χ0) is 21.8. The highest BCUT2D eigenvalue weighted by atomic mass is 16.3. The maximum absolute atomic E-state index is 12.1. The predicted octanol–water partition coefficient (Wildman–Crippen LogP) is 4.40. The zero-order valence-corrected chi connectivity index (χ0v) is 19.7. The summed E-state index contributed by atoms with van der Waals surface area (Å²) in [5.74, 6) is 2.91. The third kappa shape index (κ3) is 3.46. The minimum absolute atomic E-state index is 0.0602. The Labute approximate surface area is 183 Å². The van der Waals surface area contributed by atoms with Crippen molar-refractivity contribution < 1.29 is 15.0 Å². The van der Waals surface area contributed by atoms with Crippen LogP contribution >= 0.6 is 0 Å². The molecule has 0 aliphatic heterocycles. The Hall–Kier alpha value is -0.870. The van der Waals surface area contributed by atoms with Crippen LogP contribution in [0, 0.1) is 40.4 Å². The van der Waals surface area contributed by atoms with Crippen molar-refractivity contribution >= 4 is 5.91 Å². The van der Waals surface area contributed by atoms with Crippen LogP contribution in [0.15, 0.2) is 11.6 Å². The molecule has 3 saturated carbocycles. The lowest BCUT2D eigenvalue weighted by atomic mass is 9.46. The van der Waals surface area contributed by atoms with E-state index in [0.29, 0.717) is 36.0 Å². The van der Waals surface area contributed by atoms with Crippen molar-refractivity contribution in [2.75, 3.05) is 14.1 Å². The lowest BCUT2D eigenvalue weighted by molar-refractivity contribution is -0.132. The van der Waals surface area contributed by atoms with Gasteiger partial charge in [-0.15, -0.1) is 0 Å². The van der Waals surface area contributed by atoms with E-state index >= 15 is 0 Å². The third-order valence-electron chi connectivity index (χ3n) is 10.1. The number of hydrogen-bond donors (Lipinski definition) is 2. The number of aliphatic hydroxyl groups is 2. The standard InChI is InChI=1S/C26H43NO3/c1-16(6-11-23(30)27(4)5)20-9-10-21-19-8-7-17-14-18(28)12-13-25(17,2)24(19)22(29)15-26(20,21)3/h7,16,18-22,24,28-29H,6,8-15H2,1-5H3/t16?,18-,19-,20+,21-,22-,24+,25-,26+/m0/s1. The highest BCUT2D eigenvalue weighted by Gasteiger charge is 2.62. The molecular weight excluding hydrogens is 374 g/mol. The van der Waals surface area contributed by atoms with E-state index < -0.39 is 0 Å². The molecule has 170 valence electrons. The molecule has 1 unspecified atom stereocenters. The molecule has 1 amide bonds. The topological polar surface area (TPSA) is 60.8 Å². The van der Waals surface area contributed by atoms with Crippen LogP contribution in [0.4, 0.5) is 0 Å². The summed E-state index contributed by atoms with van der Waals surface area (Å²) in [5, 5.41) is 21.7. The lowest BCUT2D eigenvalue weighted by Crippen LogP contribution is -2.56. The molecular formula is C26H43NO3. The van der Waals surface area contributed by atoms with Gasteiger partial charge in [0.2, 0.25) is 5.91 Å². The number of hydrogen-bond acceptors (Lipinski definition) is 3. The molecule has 0 aromatic heterocycles. The number of aliphatic hydroxyl groups excluding tert-OH is 2. The molecule has 0 heterocycles. The molecule has 9 atom stereocenters. The van der Waals surface area contributed by atoms with Gasteiger partial charge in [0.1, 0.15) is 0 Å². The van der Waals surface area contributed by atoms with Crippen molar-refractivity contribution in [3.8, 4) is 0 Å². The van der Waals surface area contributed by atoms with Crippen molar-refractivity contribution in [3.05, 3.63) is 11.6 Å². The summed E-state index contributed by atoms with van der Waals surface area (Å²) in [7, 11) is 3.68. The summed E-state index contributed by atoms with van der Waals surface area (Å²) in [6, 6.07) is 0. The molecule has 4 nitrogen and oxygen atoms in total. The van der Waals surface area contributed by atoms with Crippen LogP contribution < -0.4 is 0 Å². The fraction of sp³-hybridized carbons (Fsp3) is 0.885. The van der Waals surface area contributed by atoms with Crippen molar-refractivity contribution in [2.24, 2.45) is 40.4 Å². The van der Waals surface area contributed by atoms with Gasteiger partial charge in [-0.05, 0) is 91.8 Å². The smallest absolute Gasteiger partial charge is 0.222 e. The molecule has 4 rings (SSSR count). The Kier molecular flexibility index (Phi) is 5.89. The minimum Gasteiger partial charge on any atom is -0.393 e. The largest absolute Gasteiger partial charge is 0.393 e. The maximum atomic E-state index is 12.1. The molecule has 2 N–H and O–H groups in total. The first kappa shape index (κ1) is 22.3. The Morgan fingerprint density at radius 1 is 1.23 bits per heavy atom. The average Bonchev–Trinajstić information content (AvgIpc) is 3.02. The van der Waals surface area contributed by atoms with E-state index in [1.807, 2.05) is 14.1 Å². The SMILES string of the molecule is CC(CCC(=O)N(C)C)[C@H]1CC[C@H]2[C@@H]3CC=C4C[C@@H](O)CC[C@]4(C)[C@H]3[C@@H](O)C[C@]12C. The predicted molar refractivity (Wildman–Crippen MR) is 120 cm³/mol. The number of nitrogens with zero attached hydrogens (tertiary/aromatic N) is 1. The number of fused-ring (bicyclic) bond motifs is 5. The summed E-state index contributed by atoms with van der Waals surface area (Å²) in [6.07, 6.45) is 10.7. The second-order valence-electron chi connectivity index (χ2n) is 11.8. The van der Waals surface area contributed by atoms with Crippen molar-refractivity contribution in [2.45, 2.75) is 90.8 Å². The van der Waals surface area contributed by atoms with Gasteiger partial charge >= 0.3 is 0 Å². The van der Waals surface area contributed by atoms with Crippen LogP contribution in [0.2, 0.25) is 0 Å². The van der Waals surface area contributed by atoms with Crippen LogP contribution in [-0.4, -0.2) is 47.3 Å². The van der Waals surface area contributed by atoms with Gasteiger partial charge in [0.15, 0.2) is 0 Å². The molecule has 0 aromatic rings. The Bertz CT molecular complexity index is 702. The van der Waals surface area contributed by atoms with E-state index in [2.05, 4.69) is 26.8 Å². The molecule has 3 fully saturated rings. The Morgan fingerprint density at radius 3 is 2.67 bits per heavy atom. The maximum Gasteiger partial charge on any atom is 0.222 e. The van der Waals surface area contributed by atoms with Crippen LogP contribution in [0.3, 0.4) is 0 Å². The summed E-state index contributed by atoms with van der Waals surface area (Å²) < 4.78 is 0. The fourth-order valence-corrected chi connectivity index (χ4v) is 8.52. The van der Waals surface area contributed by atoms with Crippen LogP contribution in [-0.2, 0) is 4.79 Å². The number of allylic oxidation sites excluding steroid dienone is 1. The Morgan fingerprint density at radius 2 is 1.97 bits per heavy atom. The quantitative estimate of drug-likeness (QED) is 0.667. The molecule has 0 aromatic carbocycles. The number of amides is 1. The zero-order valence-electron chi connectivity index (χ0n) is 19.7. The monoisotopic (exact) mass is 417 g/mol. The molecule has 30 heavy (non-hydrogen) atoms. The first-order valence-electron chi connectivity index (χ1n) is 12.3. The van der Waals surface area contributed by atoms with E-state index in [0.717, 1.165) is 38.5 Å². The van der Waals surface area contributed by atoms with Gasteiger partial charge in [-0.25, -0.2) is 0 Å². The van der Waals surface area contributed by atoms with Gasteiger partial charge in [0.05, 0.1) is 12.2 Å². The third-order valence-corrected chi connectivity index (χ3v) is 10.1. The summed E-state index contributed by atoms with van der Waals surface area (Å²) in [4.78, 5) is 13.8. The molecule has 0 radical (unpaired) electrons. The molecule has 0 saturated heterocycles. The molecule has 4 aliphatic carbocycles. The van der Waals surface area contributed by atoms with Crippen LogP contribution in [0.5, 0.6) is 0 Å². The van der Waals surface area contributed by atoms with Gasteiger partial charge in [-0.2, -0.15) is 0 Å².